The standard InChI is InChI=1S/C22H26O4/c1-6-16-9-8-10-18(21(23)22(24)25-5)19(16)13-26-20-12-14(3)17(7-2)11-15(20)4/h8-12H,6-7,13H2,1-5H3. The number of hydrogen-bond donors (Lipinski definition) is 0. The average Bonchev–Trinajstić information content (AvgIpc) is 2.66. The van der Waals surface area contributed by atoms with E-state index in [4.69, 9.17) is 4.74 Å². The van der Waals surface area contributed by atoms with Gasteiger partial charge >= 0.3 is 5.97 Å². The number of carbonyl (C=O) groups is 2. The molecular weight excluding hydrogens is 328 g/mol. The number of rotatable bonds is 7. The van der Waals surface area contributed by atoms with Crippen LogP contribution in [0.3, 0.4) is 0 Å². The molecule has 0 saturated carbocycles. The Morgan fingerprint density at radius 1 is 0.962 bits per heavy atom. The number of ether oxygens (including phenoxy) is 2. The van der Waals surface area contributed by atoms with Gasteiger partial charge in [-0.25, -0.2) is 4.79 Å². The van der Waals surface area contributed by atoms with E-state index in [1.54, 1.807) is 12.1 Å². The zero-order chi connectivity index (χ0) is 19.3. The van der Waals surface area contributed by atoms with E-state index >= 15 is 0 Å². The summed E-state index contributed by atoms with van der Waals surface area (Å²) in [5.74, 6) is -0.712. The minimum absolute atomic E-state index is 0.230. The predicted octanol–water partition coefficient (Wildman–Crippen LogP) is 4.36. The van der Waals surface area contributed by atoms with Gasteiger partial charge in [-0.05, 0) is 55.0 Å². The molecule has 0 bridgehead atoms. The van der Waals surface area contributed by atoms with Crippen molar-refractivity contribution in [1.82, 2.24) is 0 Å². The van der Waals surface area contributed by atoms with E-state index in [-0.39, 0.29) is 6.61 Å². The fraction of sp³-hybridized carbons (Fsp3) is 0.364. The van der Waals surface area contributed by atoms with E-state index in [9.17, 15) is 9.59 Å². The fourth-order valence-corrected chi connectivity index (χ4v) is 3.09. The van der Waals surface area contributed by atoms with E-state index in [1.165, 1.54) is 18.2 Å². The topological polar surface area (TPSA) is 52.6 Å². The zero-order valence-corrected chi connectivity index (χ0v) is 16.1. The molecule has 4 nitrogen and oxygen atoms in total. The normalized spacial score (nSPS) is 10.5. The third kappa shape index (κ3) is 4.13. The summed E-state index contributed by atoms with van der Waals surface area (Å²) in [5, 5.41) is 0. The Bertz CT molecular complexity index is 821. The second-order valence-corrected chi connectivity index (χ2v) is 6.30. The SMILES string of the molecule is CCc1cc(C)c(OCc2c(CC)cccc2C(=O)C(=O)OC)cc1C. The number of hydrogen-bond acceptors (Lipinski definition) is 4. The smallest absolute Gasteiger partial charge is 0.379 e. The summed E-state index contributed by atoms with van der Waals surface area (Å²) in [6.07, 6.45) is 1.72. The Kier molecular flexibility index (Phi) is 6.56. The Morgan fingerprint density at radius 2 is 1.65 bits per heavy atom. The Labute approximate surface area is 155 Å². The van der Waals surface area contributed by atoms with Gasteiger partial charge < -0.3 is 9.47 Å². The molecule has 0 spiro atoms. The van der Waals surface area contributed by atoms with Crippen LogP contribution in [0.5, 0.6) is 5.75 Å². The molecule has 0 radical (unpaired) electrons. The number of Topliss-reactive ketones (excluding diaryl/α,β-unsaturated/α-hetero) is 1. The van der Waals surface area contributed by atoms with E-state index in [1.807, 2.05) is 26.0 Å². The van der Waals surface area contributed by atoms with Gasteiger partial charge in [0.25, 0.3) is 5.78 Å². The zero-order valence-electron chi connectivity index (χ0n) is 16.1. The molecule has 2 aromatic rings. The Morgan fingerprint density at radius 3 is 2.27 bits per heavy atom. The molecule has 0 unspecified atom stereocenters. The van der Waals surface area contributed by atoms with Crippen LogP contribution < -0.4 is 4.74 Å². The van der Waals surface area contributed by atoms with Crippen LogP contribution in [0.4, 0.5) is 0 Å². The van der Waals surface area contributed by atoms with Crippen molar-refractivity contribution in [2.45, 2.75) is 47.1 Å². The minimum atomic E-state index is -0.862. The molecule has 0 aliphatic heterocycles. The highest BCUT2D eigenvalue weighted by atomic mass is 16.5. The van der Waals surface area contributed by atoms with Crippen LogP contribution >= 0.6 is 0 Å². The third-order valence-electron chi connectivity index (χ3n) is 4.66. The van der Waals surface area contributed by atoms with E-state index in [0.717, 1.165) is 35.3 Å². The lowest BCUT2D eigenvalue weighted by atomic mass is 9.97. The molecule has 0 fully saturated rings. The second kappa shape index (κ2) is 8.65. The molecule has 0 heterocycles. The number of methoxy groups -OCH3 is 1. The summed E-state index contributed by atoms with van der Waals surface area (Å²) in [6.45, 7) is 8.45. The van der Waals surface area contributed by atoms with Crippen LogP contribution in [0.15, 0.2) is 30.3 Å². The van der Waals surface area contributed by atoms with Crippen molar-refractivity contribution in [2.75, 3.05) is 7.11 Å². The first-order chi connectivity index (χ1) is 12.4. The first-order valence-corrected chi connectivity index (χ1v) is 8.89. The summed E-state index contributed by atoms with van der Waals surface area (Å²) in [6, 6.07) is 9.55. The highest BCUT2D eigenvalue weighted by Gasteiger charge is 2.22. The van der Waals surface area contributed by atoms with Crippen LogP contribution in [0.2, 0.25) is 0 Å². The van der Waals surface area contributed by atoms with Gasteiger partial charge in [0.05, 0.1) is 7.11 Å². The maximum Gasteiger partial charge on any atom is 0.379 e. The highest BCUT2D eigenvalue weighted by molar-refractivity contribution is 6.41. The molecular formula is C22H26O4. The van der Waals surface area contributed by atoms with Crippen LogP contribution in [-0.4, -0.2) is 18.9 Å². The van der Waals surface area contributed by atoms with Gasteiger partial charge in [0.1, 0.15) is 12.4 Å². The number of benzene rings is 2. The number of esters is 1. The van der Waals surface area contributed by atoms with Gasteiger partial charge in [0.15, 0.2) is 0 Å². The summed E-state index contributed by atoms with van der Waals surface area (Å²) < 4.78 is 10.6. The quantitative estimate of drug-likeness (QED) is 0.421. The lowest BCUT2D eigenvalue weighted by molar-refractivity contribution is -0.135. The molecule has 0 aliphatic carbocycles. The summed E-state index contributed by atoms with van der Waals surface area (Å²) >= 11 is 0. The predicted molar refractivity (Wildman–Crippen MR) is 102 cm³/mol. The van der Waals surface area contributed by atoms with E-state index in [0.29, 0.717) is 5.56 Å². The van der Waals surface area contributed by atoms with Crippen molar-refractivity contribution in [3.8, 4) is 5.75 Å². The van der Waals surface area contributed by atoms with Crippen LogP contribution in [0.1, 0.15) is 52.0 Å². The van der Waals surface area contributed by atoms with Crippen molar-refractivity contribution in [2.24, 2.45) is 0 Å². The summed E-state index contributed by atoms with van der Waals surface area (Å²) in [5.41, 5.74) is 5.60. The monoisotopic (exact) mass is 354 g/mol. The van der Waals surface area contributed by atoms with Gasteiger partial charge in [-0.2, -0.15) is 0 Å². The number of ketones is 1. The van der Waals surface area contributed by atoms with Crippen LogP contribution in [0, 0.1) is 13.8 Å². The molecule has 26 heavy (non-hydrogen) atoms. The van der Waals surface area contributed by atoms with Crippen molar-refractivity contribution >= 4 is 11.8 Å². The minimum Gasteiger partial charge on any atom is -0.489 e. The molecule has 4 heteroatoms. The maximum absolute atomic E-state index is 12.4. The van der Waals surface area contributed by atoms with Gasteiger partial charge in [-0.15, -0.1) is 0 Å². The molecule has 0 saturated heterocycles. The molecule has 0 aliphatic rings. The molecule has 2 rings (SSSR count). The third-order valence-corrected chi connectivity index (χ3v) is 4.66. The second-order valence-electron chi connectivity index (χ2n) is 6.30. The number of aryl methyl sites for hydroxylation is 4. The lowest BCUT2D eigenvalue weighted by Crippen LogP contribution is -2.19. The first-order valence-electron chi connectivity index (χ1n) is 8.89. The molecule has 0 amide bonds. The van der Waals surface area contributed by atoms with Gasteiger partial charge in [-0.3, -0.25) is 4.79 Å². The Hall–Kier alpha value is -2.62. The van der Waals surface area contributed by atoms with Crippen molar-refractivity contribution in [1.29, 1.82) is 0 Å². The number of carbonyl (C=O) groups excluding carboxylic acids is 2. The van der Waals surface area contributed by atoms with Crippen molar-refractivity contribution in [3.05, 3.63) is 63.7 Å². The molecule has 0 aromatic heterocycles. The van der Waals surface area contributed by atoms with Crippen molar-refractivity contribution in [3.63, 3.8) is 0 Å². The van der Waals surface area contributed by atoms with E-state index in [2.05, 4.69) is 24.7 Å². The lowest BCUT2D eigenvalue weighted by Gasteiger charge is -2.16. The molecule has 0 atom stereocenters. The van der Waals surface area contributed by atoms with Gasteiger partial charge in [0.2, 0.25) is 0 Å². The van der Waals surface area contributed by atoms with Crippen molar-refractivity contribution < 1.29 is 19.1 Å². The molecule has 2 aromatic carbocycles. The van der Waals surface area contributed by atoms with Gasteiger partial charge in [0, 0.05) is 11.1 Å². The summed E-state index contributed by atoms with van der Waals surface area (Å²) in [7, 11) is 1.21. The van der Waals surface area contributed by atoms with Gasteiger partial charge in [-0.1, -0.05) is 38.1 Å². The average molecular weight is 354 g/mol. The Balaban J connectivity index is 2.36. The summed E-state index contributed by atoms with van der Waals surface area (Å²) in [4.78, 5) is 24.0. The highest BCUT2D eigenvalue weighted by Crippen LogP contribution is 2.26. The van der Waals surface area contributed by atoms with Crippen LogP contribution in [-0.2, 0) is 29.0 Å². The van der Waals surface area contributed by atoms with Crippen LogP contribution in [0.25, 0.3) is 0 Å². The maximum atomic E-state index is 12.4. The molecule has 0 N–H and O–H groups in total. The first kappa shape index (κ1) is 19.7. The van der Waals surface area contributed by atoms with E-state index < -0.39 is 11.8 Å². The fourth-order valence-electron chi connectivity index (χ4n) is 3.09. The largest absolute Gasteiger partial charge is 0.489 e. The molecule has 138 valence electrons.